The van der Waals surface area contributed by atoms with Gasteiger partial charge in [0.15, 0.2) is 18.3 Å². The second-order valence-electron chi connectivity index (χ2n) is 6.39. The predicted molar refractivity (Wildman–Crippen MR) is 106 cm³/mol. The van der Waals surface area contributed by atoms with Crippen LogP contribution in [0.1, 0.15) is 12.3 Å². The Morgan fingerprint density at radius 1 is 1.03 bits per heavy atom. The van der Waals surface area contributed by atoms with Crippen LogP contribution in [-0.4, -0.2) is 36.6 Å². The molecule has 31 heavy (non-hydrogen) atoms. The van der Waals surface area contributed by atoms with Crippen molar-refractivity contribution in [3.8, 4) is 17.1 Å². The van der Waals surface area contributed by atoms with Crippen molar-refractivity contribution in [2.75, 3.05) is 19.8 Å². The second-order valence-corrected chi connectivity index (χ2v) is 6.39. The number of oxazole rings is 1. The van der Waals surface area contributed by atoms with Crippen molar-refractivity contribution in [3.05, 3.63) is 72.3 Å². The Labute approximate surface area is 177 Å². The number of nitrogens with zero attached hydrogens (tertiary/aromatic N) is 1. The van der Waals surface area contributed by atoms with E-state index in [1.165, 1.54) is 12.3 Å². The van der Waals surface area contributed by atoms with Gasteiger partial charge in [-0.3, -0.25) is 9.59 Å². The fourth-order valence-corrected chi connectivity index (χ4v) is 2.63. The summed E-state index contributed by atoms with van der Waals surface area (Å²) in [6, 6.07) is 12.6. The number of hydrogen-bond acceptors (Lipinski definition) is 6. The lowest BCUT2D eigenvalue weighted by molar-refractivity contribution is -0.148. The van der Waals surface area contributed by atoms with Gasteiger partial charge in [0.1, 0.15) is 24.0 Å². The van der Waals surface area contributed by atoms with E-state index in [0.29, 0.717) is 5.75 Å². The Kier molecular flexibility index (Phi) is 7.69. The molecular formula is C22H20F2N2O5. The Balaban J connectivity index is 1.35. The van der Waals surface area contributed by atoms with Gasteiger partial charge in [-0.05, 0) is 24.3 Å². The zero-order valence-electron chi connectivity index (χ0n) is 16.5. The molecular weight excluding hydrogens is 410 g/mol. The first-order valence-electron chi connectivity index (χ1n) is 9.52. The first kappa shape index (κ1) is 21.9. The van der Waals surface area contributed by atoms with Crippen molar-refractivity contribution in [2.45, 2.75) is 12.8 Å². The molecule has 3 aromatic rings. The van der Waals surface area contributed by atoms with Crippen LogP contribution >= 0.6 is 0 Å². The number of amides is 1. The van der Waals surface area contributed by atoms with Crippen LogP contribution in [0.15, 0.2) is 59.1 Å². The molecule has 0 aliphatic carbocycles. The topological polar surface area (TPSA) is 90.7 Å². The normalized spacial score (nSPS) is 10.5. The quantitative estimate of drug-likeness (QED) is 0.392. The van der Waals surface area contributed by atoms with Gasteiger partial charge in [0, 0.05) is 6.42 Å². The Hall–Kier alpha value is -3.75. The van der Waals surface area contributed by atoms with Crippen LogP contribution in [-0.2, 0) is 20.7 Å². The molecule has 0 atom stereocenters. The van der Waals surface area contributed by atoms with Gasteiger partial charge >= 0.3 is 5.97 Å². The monoisotopic (exact) mass is 430 g/mol. The predicted octanol–water partition coefficient (Wildman–Crippen LogP) is 3.29. The number of carbonyl (C=O) groups excluding carboxylic acids is 2. The summed E-state index contributed by atoms with van der Waals surface area (Å²) in [4.78, 5) is 27.4. The highest BCUT2D eigenvalue weighted by atomic mass is 19.1. The molecule has 1 N–H and O–H groups in total. The molecule has 0 saturated heterocycles. The molecule has 0 bridgehead atoms. The Bertz CT molecular complexity index is 1000. The molecule has 2 aromatic carbocycles. The van der Waals surface area contributed by atoms with Gasteiger partial charge in [-0.15, -0.1) is 0 Å². The summed E-state index contributed by atoms with van der Waals surface area (Å²) < 4.78 is 43.2. The Morgan fingerprint density at radius 2 is 1.77 bits per heavy atom. The number of esters is 1. The number of halogens is 2. The van der Waals surface area contributed by atoms with Crippen molar-refractivity contribution in [1.82, 2.24) is 10.3 Å². The van der Waals surface area contributed by atoms with E-state index in [4.69, 9.17) is 13.9 Å². The van der Waals surface area contributed by atoms with E-state index in [2.05, 4.69) is 10.3 Å². The van der Waals surface area contributed by atoms with Gasteiger partial charge in [0.05, 0.1) is 24.7 Å². The summed E-state index contributed by atoms with van der Waals surface area (Å²) in [6.45, 7) is 0.108. The minimum absolute atomic E-state index is 0.0570. The highest BCUT2D eigenvalue weighted by Crippen LogP contribution is 2.26. The van der Waals surface area contributed by atoms with Gasteiger partial charge in [-0.25, -0.2) is 13.8 Å². The molecule has 9 heteroatoms. The molecule has 0 aliphatic heterocycles. The number of ether oxygens (including phenoxy) is 2. The lowest BCUT2D eigenvalue weighted by Gasteiger charge is -2.08. The average Bonchev–Trinajstić information content (AvgIpc) is 3.23. The van der Waals surface area contributed by atoms with E-state index in [-0.39, 0.29) is 43.2 Å². The number of benzene rings is 2. The van der Waals surface area contributed by atoms with E-state index in [9.17, 15) is 18.4 Å². The lowest BCUT2D eigenvalue weighted by Crippen LogP contribution is -2.32. The van der Waals surface area contributed by atoms with Crippen molar-refractivity contribution >= 4 is 11.9 Å². The van der Waals surface area contributed by atoms with Gasteiger partial charge in [-0.1, -0.05) is 24.3 Å². The zero-order valence-corrected chi connectivity index (χ0v) is 16.5. The molecule has 162 valence electrons. The minimum atomic E-state index is -0.776. The number of hydrogen-bond donors (Lipinski definition) is 1. The van der Waals surface area contributed by atoms with Gasteiger partial charge in [0.2, 0.25) is 0 Å². The third-order valence-electron chi connectivity index (χ3n) is 4.11. The van der Waals surface area contributed by atoms with Crippen LogP contribution in [0.25, 0.3) is 11.3 Å². The zero-order chi connectivity index (χ0) is 22.1. The van der Waals surface area contributed by atoms with E-state index < -0.39 is 30.1 Å². The minimum Gasteiger partial charge on any atom is -0.492 e. The summed E-state index contributed by atoms with van der Waals surface area (Å²) in [6.07, 6.45) is 1.14. The van der Waals surface area contributed by atoms with E-state index in [0.717, 1.165) is 12.1 Å². The SMILES string of the molecule is O=C(COC(=O)CCc1ncc(-c2c(F)cccc2F)o1)NCCOc1ccccc1. The highest BCUT2D eigenvalue weighted by molar-refractivity contribution is 5.80. The van der Waals surface area contributed by atoms with E-state index >= 15 is 0 Å². The summed E-state index contributed by atoms with van der Waals surface area (Å²) in [5.74, 6) is -1.90. The maximum atomic E-state index is 13.8. The van der Waals surface area contributed by atoms with E-state index in [1.54, 1.807) is 12.1 Å². The summed E-state index contributed by atoms with van der Waals surface area (Å²) >= 11 is 0. The number of nitrogens with one attached hydrogen (secondary N) is 1. The molecule has 0 fully saturated rings. The van der Waals surface area contributed by atoms with Crippen LogP contribution < -0.4 is 10.1 Å². The maximum Gasteiger partial charge on any atom is 0.306 e. The molecule has 0 spiro atoms. The molecule has 0 aliphatic rings. The molecule has 0 radical (unpaired) electrons. The number of aromatic nitrogens is 1. The van der Waals surface area contributed by atoms with Gasteiger partial charge < -0.3 is 19.2 Å². The van der Waals surface area contributed by atoms with Crippen LogP contribution in [0.5, 0.6) is 5.75 Å². The summed E-state index contributed by atoms with van der Waals surface area (Å²) in [5.41, 5.74) is -0.322. The second kappa shape index (κ2) is 10.9. The van der Waals surface area contributed by atoms with Crippen molar-refractivity contribution in [1.29, 1.82) is 0 Å². The lowest BCUT2D eigenvalue weighted by atomic mass is 10.1. The molecule has 1 amide bonds. The van der Waals surface area contributed by atoms with Crippen LogP contribution in [0.3, 0.4) is 0 Å². The van der Waals surface area contributed by atoms with Crippen LogP contribution in [0, 0.1) is 11.6 Å². The van der Waals surface area contributed by atoms with Crippen LogP contribution in [0.2, 0.25) is 0 Å². The maximum absolute atomic E-state index is 13.8. The molecule has 0 unspecified atom stereocenters. The Morgan fingerprint density at radius 3 is 2.52 bits per heavy atom. The molecule has 7 nitrogen and oxygen atoms in total. The smallest absolute Gasteiger partial charge is 0.306 e. The number of rotatable bonds is 10. The van der Waals surface area contributed by atoms with E-state index in [1.807, 2.05) is 18.2 Å². The number of aryl methyl sites for hydroxylation is 1. The summed E-state index contributed by atoms with van der Waals surface area (Å²) in [7, 11) is 0. The van der Waals surface area contributed by atoms with Gasteiger partial charge in [0.25, 0.3) is 5.91 Å². The third kappa shape index (κ3) is 6.63. The van der Waals surface area contributed by atoms with Gasteiger partial charge in [-0.2, -0.15) is 0 Å². The molecule has 3 rings (SSSR count). The number of para-hydroxylation sites is 1. The fourth-order valence-electron chi connectivity index (χ4n) is 2.63. The van der Waals surface area contributed by atoms with Crippen molar-refractivity contribution in [2.24, 2.45) is 0 Å². The largest absolute Gasteiger partial charge is 0.492 e. The first-order chi connectivity index (χ1) is 15.0. The molecule has 0 saturated carbocycles. The third-order valence-corrected chi connectivity index (χ3v) is 4.11. The molecule has 1 heterocycles. The average molecular weight is 430 g/mol. The van der Waals surface area contributed by atoms with Crippen LogP contribution in [0.4, 0.5) is 8.78 Å². The summed E-state index contributed by atoms with van der Waals surface area (Å²) in [5, 5.41) is 2.57. The highest BCUT2D eigenvalue weighted by Gasteiger charge is 2.16. The van der Waals surface area contributed by atoms with Crippen molar-refractivity contribution < 1.29 is 32.3 Å². The first-order valence-corrected chi connectivity index (χ1v) is 9.52. The molecule has 1 aromatic heterocycles. The standard InChI is InChI=1S/C22H20F2N2O5/c23-16-7-4-8-17(24)22(16)18-13-26-20(31-18)9-10-21(28)30-14-19(27)25-11-12-29-15-5-2-1-3-6-15/h1-8,13H,9-12,14H2,(H,25,27). The number of carbonyl (C=O) groups is 2. The van der Waals surface area contributed by atoms with Crippen molar-refractivity contribution in [3.63, 3.8) is 0 Å². The fraction of sp³-hybridized carbons (Fsp3) is 0.227.